The Labute approximate surface area is 109 Å². The third kappa shape index (κ3) is 1.94. The van der Waals surface area contributed by atoms with Crippen LogP contribution in [0.4, 0.5) is 0 Å². The number of oxazole rings is 1. The second-order valence-electron chi connectivity index (χ2n) is 4.54. The van der Waals surface area contributed by atoms with Crippen LogP contribution < -0.4 is 11.1 Å². The van der Waals surface area contributed by atoms with Gasteiger partial charge in [-0.1, -0.05) is 12.1 Å². The first-order valence-corrected chi connectivity index (χ1v) is 6.13. The minimum atomic E-state index is -0.514. The van der Waals surface area contributed by atoms with Crippen molar-refractivity contribution in [2.45, 2.75) is 25.1 Å². The molecule has 1 N–H and O–H groups in total. The van der Waals surface area contributed by atoms with Gasteiger partial charge >= 0.3 is 5.76 Å². The molecule has 6 heteroatoms. The molecule has 19 heavy (non-hydrogen) atoms. The third-order valence-corrected chi connectivity index (χ3v) is 3.42. The second-order valence-corrected chi connectivity index (χ2v) is 4.54. The Hall–Kier alpha value is -2.08. The molecule has 2 atom stereocenters. The molecule has 2 aromatic rings. The van der Waals surface area contributed by atoms with Crippen LogP contribution >= 0.6 is 0 Å². The Morgan fingerprint density at radius 1 is 1.37 bits per heavy atom. The number of nitrogens with one attached hydrogen (secondary N) is 1. The van der Waals surface area contributed by atoms with E-state index >= 15 is 0 Å². The molecule has 100 valence electrons. The summed E-state index contributed by atoms with van der Waals surface area (Å²) in [6, 6.07) is 6.97. The fourth-order valence-electron chi connectivity index (χ4n) is 2.54. The highest BCUT2D eigenvalue weighted by molar-refractivity contribution is 5.77. The van der Waals surface area contributed by atoms with Gasteiger partial charge in [0, 0.05) is 13.5 Å². The average Bonchev–Trinajstić information content (AvgIpc) is 2.74. The molecular formula is C13H14N2O4. The number of carbonyl (C=O) groups excluding carboxylic acids is 1. The van der Waals surface area contributed by atoms with Gasteiger partial charge in [0.05, 0.1) is 11.6 Å². The van der Waals surface area contributed by atoms with Crippen LogP contribution in [-0.2, 0) is 9.53 Å². The van der Waals surface area contributed by atoms with Crippen molar-refractivity contribution < 1.29 is 13.9 Å². The molecule has 2 unspecified atom stereocenters. The van der Waals surface area contributed by atoms with Crippen LogP contribution in [0, 0.1) is 0 Å². The first-order valence-electron chi connectivity index (χ1n) is 6.13. The highest BCUT2D eigenvalue weighted by Crippen LogP contribution is 2.26. The number of aromatic nitrogens is 1. The zero-order valence-corrected chi connectivity index (χ0v) is 10.5. The van der Waals surface area contributed by atoms with Gasteiger partial charge in [-0.2, -0.15) is 0 Å². The normalized spacial score (nSPS) is 23.5. The number of hydrogen-bond acceptors (Lipinski definition) is 4. The molecule has 1 aliphatic rings. The minimum absolute atomic E-state index is 0.0658. The SMILES string of the molecule is COC1NC(=O)CCC1n1c(=O)oc2ccccc21. The number of rotatable bonds is 2. The second kappa shape index (κ2) is 4.55. The molecule has 3 rings (SSSR count). The summed E-state index contributed by atoms with van der Waals surface area (Å²) in [5, 5.41) is 2.73. The van der Waals surface area contributed by atoms with Gasteiger partial charge in [-0.25, -0.2) is 4.79 Å². The smallest absolute Gasteiger partial charge is 0.408 e. The number of ether oxygens (including phenoxy) is 1. The Bertz CT molecular complexity index is 673. The number of benzene rings is 1. The maximum atomic E-state index is 12.0. The average molecular weight is 262 g/mol. The molecule has 1 aromatic heterocycles. The molecule has 1 fully saturated rings. The lowest BCUT2D eigenvalue weighted by Gasteiger charge is -2.31. The predicted octanol–water partition coefficient (Wildman–Crippen LogP) is 1.02. The van der Waals surface area contributed by atoms with E-state index in [2.05, 4.69) is 5.32 Å². The molecule has 0 aliphatic carbocycles. The topological polar surface area (TPSA) is 73.5 Å². The molecule has 1 aromatic carbocycles. The van der Waals surface area contributed by atoms with Crippen molar-refractivity contribution in [2.75, 3.05) is 7.11 Å². The van der Waals surface area contributed by atoms with E-state index in [1.807, 2.05) is 18.2 Å². The first kappa shape index (κ1) is 12.0. The molecule has 1 aliphatic heterocycles. The van der Waals surface area contributed by atoms with E-state index in [1.165, 1.54) is 7.11 Å². The Kier molecular flexibility index (Phi) is 2.87. The van der Waals surface area contributed by atoms with Crippen molar-refractivity contribution in [2.24, 2.45) is 0 Å². The molecule has 6 nitrogen and oxygen atoms in total. The van der Waals surface area contributed by atoms with Gasteiger partial charge in [0.1, 0.15) is 0 Å². The first-order chi connectivity index (χ1) is 9.20. The number of hydrogen-bond donors (Lipinski definition) is 1. The van der Waals surface area contributed by atoms with E-state index in [9.17, 15) is 9.59 Å². The number of para-hydroxylation sites is 2. The number of carbonyl (C=O) groups is 1. The summed E-state index contributed by atoms with van der Waals surface area (Å²) >= 11 is 0. The van der Waals surface area contributed by atoms with Gasteiger partial charge in [0.15, 0.2) is 11.8 Å². The summed E-state index contributed by atoms with van der Waals surface area (Å²) in [6.45, 7) is 0. The number of piperidine rings is 1. The summed E-state index contributed by atoms with van der Waals surface area (Å²) in [7, 11) is 1.51. The minimum Gasteiger partial charge on any atom is -0.408 e. The lowest BCUT2D eigenvalue weighted by Crippen LogP contribution is -2.48. The Balaban J connectivity index is 2.10. The van der Waals surface area contributed by atoms with Gasteiger partial charge < -0.3 is 14.5 Å². The van der Waals surface area contributed by atoms with Crippen molar-refractivity contribution in [1.29, 1.82) is 0 Å². The fourth-order valence-corrected chi connectivity index (χ4v) is 2.54. The third-order valence-electron chi connectivity index (χ3n) is 3.42. The van der Waals surface area contributed by atoms with Gasteiger partial charge in [-0.3, -0.25) is 9.36 Å². The van der Waals surface area contributed by atoms with E-state index in [-0.39, 0.29) is 11.9 Å². The molecule has 2 heterocycles. The van der Waals surface area contributed by atoms with Gasteiger partial charge in [0.2, 0.25) is 5.91 Å². The molecular weight excluding hydrogens is 248 g/mol. The summed E-state index contributed by atoms with van der Waals surface area (Å²) in [4.78, 5) is 23.4. The lowest BCUT2D eigenvalue weighted by molar-refractivity contribution is -0.130. The van der Waals surface area contributed by atoms with Crippen molar-refractivity contribution in [3.8, 4) is 0 Å². The van der Waals surface area contributed by atoms with Crippen LogP contribution in [0.1, 0.15) is 18.9 Å². The van der Waals surface area contributed by atoms with E-state index < -0.39 is 12.0 Å². The largest absolute Gasteiger partial charge is 0.420 e. The van der Waals surface area contributed by atoms with Crippen LogP contribution in [0.2, 0.25) is 0 Å². The summed E-state index contributed by atoms with van der Waals surface area (Å²) in [5.41, 5.74) is 1.26. The number of amides is 1. The maximum Gasteiger partial charge on any atom is 0.420 e. The van der Waals surface area contributed by atoms with Crippen LogP contribution in [0.3, 0.4) is 0 Å². The molecule has 0 radical (unpaired) electrons. The van der Waals surface area contributed by atoms with Crippen molar-refractivity contribution in [1.82, 2.24) is 9.88 Å². The van der Waals surface area contributed by atoms with Crippen LogP contribution in [0.15, 0.2) is 33.5 Å². The highest BCUT2D eigenvalue weighted by atomic mass is 16.5. The van der Waals surface area contributed by atoms with Crippen LogP contribution in [-0.4, -0.2) is 23.8 Å². The van der Waals surface area contributed by atoms with E-state index in [0.717, 1.165) is 5.52 Å². The van der Waals surface area contributed by atoms with Gasteiger partial charge in [-0.15, -0.1) is 0 Å². The number of fused-ring (bicyclic) bond motifs is 1. The van der Waals surface area contributed by atoms with E-state index in [1.54, 1.807) is 10.6 Å². The predicted molar refractivity (Wildman–Crippen MR) is 67.7 cm³/mol. The van der Waals surface area contributed by atoms with Crippen LogP contribution in [0.5, 0.6) is 0 Å². The Morgan fingerprint density at radius 3 is 2.95 bits per heavy atom. The lowest BCUT2D eigenvalue weighted by atomic mass is 10.0. The van der Waals surface area contributed by atoms with Crippen molar-refractivity contribution >= 4 is 17.0 Å². The zero-order valence-electron chi connectivity index (χ0n) is 10.5. The molecule has 1 saturated heterocycles. The van der Waals surface area contributed by atoms with E-state index in [4.69, 9.17) is 9.15 Å². The fraction of sp³-hybridized carbons (Fsp3) is 0.385. The molecule has 0 bridgehead atoms. The Morgan fingerprint density at radius 2 is 2.16 bits per heavy atom. The van der Waals surface area contributed by atoms with E-state index in [0.29, 0.717) is 18.4 Å². The molecule has 0 saturated carbocycles. The monoisotopic (exact) mass is 262 g/mol. The molecule has 0 spiro atoms. The van der Waals surface area contributed by atoms with Crippen molar-refractivity contribution in [3.63, 3.8) is 0 Å². The highest BCUT2D eigenvalue weighted by Gasteiger charge is 2.32. The summed E-state index contributed by atoms with van der Waals surface area (Å²) in [6.07, 6.45) is 0.407. The number of methoxy groups -OCH3 is 1. The standard InChI is InChI=1S/C13H14N2O4/c1-18-12-9(6-7-11(16)14-12)15-8-4-2-3-5-10(8)19-13(15)17/h2-5,9,12H,6-7H2,1H3,(H,14,16). The quantitative estimate of drug-likeness (QED) is 0.876. The summed E-state index contributed by atoms with van der Waals surface area (Å²) < 4.78 is 12.0. The zero-order chi connectivity index (χ0) is 13.4. The maximum absolute atomic E-state index is 12.0. The van der Waals surface area contributed by atoms with Gasteiger partial charge in [0.25, 0.3) is 0 Å². The summed E-state index contributed by atoms with van der Waals surface area (Å²) in [5.74, 6) is -0.492. The van der Waals surface area contributed by atoms with Crippen LogP contribution in [0.25, 0.3) is 11.1 Å². The van der Waals surface area contributed by atoms with Gasteiger partial charge in [-0.05, 0) is 18.6 Å². The molecule has 1 amide bonds. The number of nitrogens with zero attached hydrogens (tertiary/aromatic N) is 1. The van der Waals surface area contributed by atoms with Crippen molar-refractivity contribution in [3.05, 3.63) is 34.8 Å².